The standard InChI is InChI=1S/C25H25NO7/c27-15-7-5-14(6-8-15)26-24(29)10-17(18-9-22-23(11-20(18)28)33-13-32-22)19-12-31-21-4-2-1-3-16(21)25(19)30/h1-4,9,11-12,14-15,17,27-28H,5-8,10,13H2,(H,26,29)/t14?,15?,17-/m0/s1. The van der Waals surface area contributed by atoms with Crippen LogP contribution in [-0.2, 0) is 4.79 Å². The van der Waals surface area contributed by atoms with E-state index in [0.717, 1.165) is 0 Å². The molecule has 0 bridgehead atoms. The van der Waals surface area contributed by atoms with Gasteiger partial charge in [-0.1, -0.05) is 12.1 Å². The van der Waals surface area contributed by atoms with Crippen LogP contribution in [0.5, 0.6) is 17.2 Å². The van der Waals surface area contributed by atoms with E-state index < -0.39 is 5.92 Å². The van der Waals surface area contributed by atoms with E-state index in [-0.39, 0.29) is 48.0 Å². The molecule has 1 atom stereocenters. The summed E-state index contributed by atoms with van der Waals surface area (Å²) >= 11 is 0. The van der Waals surface area contributed by atoms with Gasteiger partial charge in [0, 0.05) is 35.6 Å². The SMILES string of the molecule is O=C(C[C@@H](c1cc2c(cc1O)OCO2)c1coc2ccccc2c1=O)NC1CCC(O)CC1. The minimum atomic E-state index is -0.755. The number of aliphatic hydroxyl groups excluding tert-OH is 1. The van der Waals surface area contributed by atoms with Crippen molar-refractivity contribution in [2.24, 2.45) is 0 Å². The minimum Gasteiger partial charge on any atom is -0.508 e. The molecule has 0 radical (unpaired) electrons. The van der Waals surface area contributed by atoms with E-state index in [2.05, 4.69) is 5.32 Å². The summed E-state index contributed by atoms with van der Waals surface area (Å²) in [6, 6.07) is 9.93. The lowest BCUT2D eigenvalue weighted by molar-refractivity contribution is -0.122. The number of phenols is 1. The van der Waals surface area contributed by atoms with Gasteiger partial charge >= 0.3 is 0 Å². The molecule has 8 heteroatoms. The smallest absolute Gasteiger partial charge is 0.231 e. The van der Waals surface area contributed by atoms with Crippen molar-refractivity contribution in [3.8, 4) is 17.2 Å². The number of para-hydroxylation sites is 1. The molecule has 8 nitrogen and oxygen atoms in total. The normalized spacial score (nSPS) is 20.5. The highest BCUT2D eigenvalue weighted by atomic mass is 16.7. The molecular formula is C25H25NO7. The van der Waals surface area contributed by atoms with Crippen molar-refractivity contribution in [3.63, 3.8) is 0 Å². The number of fused-ring (bicyclic) bond motifs is 2. The van der Waals surface area contributed by atoms with Gasteiger partial charge in [0.05, 0.1) is 17.8 Å². The lowest BCUT2D eigenvalue weighted by Gasteiger charge is -2.27. The van der Waals surface area contributed by atoms with E-state index in [0.29, 0.717) is 53.7 Å². The monoisotopic (exact) mass is 451 g/mol. The fourth-order valence-corrected chi connectivity index (χ4v) is 4.64. The molecule has 2 aromatic carbocycles. The van der Waals surface area contributed by atoms with Gasteiger partial charge < -0.3 is 29.4 Å². The maximum absolute atomic E-state index is 13.3. The number of phenolic OH excluding ortho intramolecular Hbond substituents is 1. The van der Waals surface area contributed by atoms with Crippen LogP contribution in [0.2, 0.25) is 0 Å². The second-order valence-corrected chi connectivity index (χ2v) is 8.61. The number of hydrogen-bond acceptors (Lipinski definition) is 7. The number of amides is 1. The molecule has 3 N–H and O–H groups in total. The number of ether oxygens (including phenoxy) is 2. The number of carbonyl (C=O) groups excluding carboxylic acids is 1. The zero-order valence-corrected chi connectivity index (χ0v) is 18.0. The van der Waals surface area contributed by atoms with Crippen LogP contribution in [-0.4, -0.2) is 35.1 Å². The van der Waals surface area contributed by atoms with Crippen molar-refractivity contribution in [1.82, 2.24) is 5.32 Å². The van der Waals surface area contributed by atoms with Gasteiger partial charge in [0.2, 0.25) is 12.7 Å². The third-order valence-corrected chi connectivity index (χ3v) is 6.43. The van der Waals surface area contributed by atoms with Crippen LogP contribution in [0.4, 0.5) is 0 Å². The lowest BCUT2D eigenvalue weighted by Crippen LogP contribution is -2.39. The molecule has 1 aromatic heterocycles. The molecule has 172 valence electrons. The Morgan fingerprint density at radius 3 is 2.58 bits per heavy atom. The second kappa shape index (κ2) is 8.78. The average molecular weight is 451 g/mol. The van der Waals surface area contributed by atoms with Gasteiger partial charge in [0.25, 0.3) is 0 Å². The van der Waals surface area contributed by atoms with Gasteiger partial charge in [-0.3, -0.25) is 9.59 Å². The third kappa shape index (κ3) is 4.26. The summed E-state index contributed by atoms with van der Waals surface area (Å²) in [7, 11) is 0. The maximum Gasteiger partial charge on any atom is 0.231 e. The highest BCUT2D eigenvalue weighted by molar-refractivity contribution is 5.80. The van der Waals surface area contributed by atoms with Gasteiger partial charge in [0.15, 0.2) is 16.9 Å². The van der Waals surface area contributed by atoms with Gasteiger partial charge in [-0.25, -0.2) is 0 Å². The molecule has 2 heterocycles. The summed E-state index contributed by atoms with van der Waals surface area (Å²) in [4.78, 5) is 26.4. The number of nitrogens with one attached hydrogen (secondary N) is 1. The topological polar surface area (TPSA) is 118 Å². The van der Waals surface area contributed by atoms with Gasteiger partial charge in [-0.2, -0.15) is 0 Å². The first kappa shape index (κ1) is 21.3. The molecule has 1 aliphatic heterocycles. The van der Waals surface area contributed by atoms with Crippen LogP contribution in [0.3, 0.4) is 0 Å². The van der Waals surface area contributed by atoms with Crippen LogP contribution < -0.4 is 20.2 Å². The molecule has 0 spiro atoms. The molecule has 3 aromatic rings. The first-order valence-corrected chi connectivity index (χ1v) is 11.1. The predicted molar refractivity (Wildman–Crippen MR) is 120 cm³/mol. The Labute approximate surface area is 189 Å². The zero-order valence-electron chi connectivity index (χ0n) is 18.0. The minimum absolute atomic E-state index is 0.0279. The van der Waals surface area contributed by atoms with Crippen molar-refractivity contribution >= 4 is 16.9 Å². The van der Waals surface area contributed by atoms with Crippen molar-refractivity contribution in [2.75, 3.05) is 6.79 Å². The predicted octanol–water partition coefficient (Wildman–Crippen LogP) is 3.17. The number of rotatable bonds is 5. The summed E-state index contributed by atoms with van der Waals surface area (Å²) in [5, 5.41) is 23.9. The number of hydrogen-bond donors (Lipinski definition) is 3. The fraction of sp³-hybridized carbons (Fsp3) is 0.360. The van der Waals surface area contributed by atoms with Crippen molar-refractivity contribution in [3.05, 3.63) is 64.0 Å². The molecule has 2 aliphatic rings. The summed E-state index contributed by atoms with van der Waals surface area (Å²) in [6.07, 6.45) is 3.67. The molecule has 1 fully saturated rings. The molecule has 1 saturated carbocycles. The Hall–Kier alpha value is -3.52. The maximum atomic E-state index is 13.3. The van der Waals surface area contributed by atoms with Crippen LogP contribution in [0, 0.1) is 0 Å². The summed E-state index contributed by atoms with van der Waals surface area (Å²) < 4.78 is 16.5. The Balaban J connectivity index is 1.51. The largest absolute Gasteiger partial charge is 0.508 e. The Morgan fingerprint density at radius 1 is 1.06 bits per heavy atom. The number of benzene rings is 2. The first-order chi connectivity index (χ1) is 16.0. The highest BCUT2D eigenvalue weighted by Gasteiger charge is 2.29. The molecule has 1 amide bonds. The van der Waals surface area contributed by atoms with E-state index in [1.807, 2.05) is 0 Å². The lowest BCUT2D eigenvalue weighted by atomic mass is 9.87. The van der Waals surface area contributed by atoms with Gasteiger partial charge in [0.1, 0.15) is 11.3 Å². The fourth-order valence-electron chi connectivity index (χ4n) is 4.64. The Bertz CT molecular complexity index is 1240. The van der Waals surface area contributed by atoms with E-state index >= 15 is 0 Å². The van der Waals surface area contributed by atoms with Crippen molar-refractivity contribution in [1.29, 1.82) is 0 Å². The van der Waals surface area contributed by atoms with E-state index in [1.54, 1.807) is 30.3 Å². The Morgan fingerprint density at radius 2 is 1.79 bits per heavy atom. The molecule has 0 saturated heterocycles. The van der Waals surface area contributed by atoms with Crippen LogP contribution in [0.1, 0.15) is 49.1 Å². The Kier molecular flexibility index (Phi) is 5.68. The van der Waals surface area contributed by atoms with Gasteiger partial charge in [-0.05, 0) is 43.9 Å². The molecule has 33 heavy (non-hydrogen) atoms. The third-order valence-electron chi connectivity index (χ3n) is 6.43. The molecular weight excluding hydrogens is 426 g/mol. The van der Waals surface area contributed by atoms with Crippen LogP contribution >= 0.6 is 0 Å². The van der Waals surface area contributed by atoms with E-state index in [1.165, 1.54) is 12.3 Å². The van der Waals surface area contributed by atoms with E-state index in [9.17, 15) is 19.8 Å². The summed E-state index contributed by atoms with van der Waals surface area (Å²) in [5.41, 5.74) is 0.853. The number of aromatic hydroxyl groups is 1. The van der Waals surface area contributed by atoms with Crippen LogP contribution in [0.15, 0.2) is 51.9 Å². The average Bonchev–Trinajstić information content (AvgIpc) is 3.26. The summed E-state index contributed by atoms with van der Waals surface area (Å²) in [6.45, 7) is 0.0367. The highest BCUT2D eigenvalue weighted by Crippen LogP contribution is 2.42. The number of carbonyl (C=O) groups is 1. The second-order valence-electron chi connectivity index (χ2n) is 8.61. The first-order valence-electron chi connectivity index (χ1n) is 11.1. The molecule has 0 unspecified atom stereocenters. The summed E-state index contributed by atoms with van der Waals surface area (Å²) in [5.74, 6) is -0.239. The van der Waals surface area contributed by atoms with Crippen LogP contribution in [0.25, 0.3) is 11.0 Å². The molecule has 1 aliphatic carbocycles. The van der Waals surface area contributed by atoms with E-state index in [4.69, 9.17) is 13.9 Å². The zero-order chi connectivity index (χ0) is 22.9. The quantitative estimate of drug-likeness (QED) is 0.545. The van der Waals surface area contributed by atoms with Gasteiger partial charge in [-0.15, -0.1) is 0 Å². The molecule has 5 rings (SSSR count). The van der Waals surface area contributed by atoms with Crippen molar-refractivity contribution in [2.45, 2.75) is 50.2 Å². The van der Waals surface area contributed by atoms with Crippen molar-refractivity contribution < 1.29 is 28.9 Å². The number of aliphatic hydroxyl groups is 1.